The molecule has 0 aliphatic rings. The second kappa shape index (κ2) is 3.13. The molecule has 0 aromatic carbocycles. The number of aromatic nitrogens is 4. The molecule has 0 N–H and O–H groups in total. The average molecular weight is 194 g/mol. The van der Waals surface area contributed by atoms with Gasteiger partial charge in [0.05, 0.1) is 18.4 Å². The fourth-order valence-corrected chi connectivity index (χ4v) is 1.19. The van der Waals surface area contributed by atoms with E-state index in [4.69, 9.17) is 0 Å². The highest BCUT2D eigenvalue weighted by atomic mass is 16.5. The van der Waals surface area contributed by atoms with Gasteiger partial charge in [-0.1, -0.05) is 5.16 Å². The molecule has 0 aliphatic carbocycles. The van der Waals surface area contributed by atoms with E-state index in [2.05, 4.69) is 14.7 Å². The topological polar surface area (TPSA) is 65.8 Å². The molecule has 2 heterocycles. The van der Waals surface area contributed by atoms with E-state index < -0.39 is 5.76 Å². The number of nitrogens with zero attached hydrogens (tertiary/aromatic N) is 4. The van der Waals surface area contributed by atoms with Crippen LogP contribution in [0.2, 0.25) is 0 Å². The Bertz CT molecular complexity index is 493. The SMILES string of the molecule is Cn1cnc(Cc2noc(=O)n2C)c1. The Hall–Kier alpha value is -1.85. The highest BCUT2D eigenvalue weighted by molar-refractivity contribution is 5.04. The van der Waals surface area contributed by atoms with Crippen LogP contribution in [0.5, 0.6) is 0 Å². The van der Waals surface area contributed by atoms with Crippen LogP contribution in [0.25, 0.3) is 0 Å². The fraction of sp³-hybridized carbons (Fsp3) is 0.375. The van der Waals surface area contributed by atoms with E-state index in [1.54, 1.807) is 13.4 Å². The Kier molecular flexibility index (Phi) is 1.95. The molecule has 0 saturated carbocycles. The number of hydrogen-bond acceptors (Lipinski definition) is 4. The van der Waals surface area contributed by atoms with E-state index in [9.17, 15) is 4.79 Å². The molecule has 6 nitrogen and oxygen atoms in total. The second-order valence-corrected chi connectivity index (χ2v) is 3.13. The summed E-state index contributed by atoms with van der Waals surface area (Å²) in [5.41, 5.74) is 0.858. The lowest BCUT2D eigenvalue weighted by Gasteiger charge is -1.93. The standard InChI is InChI=1S/C8H10N4O2/c1-11-4-6(9-5-11)3-7-10-14-8(13)12(7)2/h4-5H,3H2,1-2H3. The summed E-state index contributed by atoms with van der Waals surface area (Å²) in [6.07, 6.45) is 4.08. The molecule has 0 aliphatic heterocycles. The van der Waals surface area contributed by atoms with Crippen molar-refractivity contribution in [3.8, 4) is 0 Å². The van der Waals surface area contributed by atoms with E-state index in [0.717, 1.165) is 5.69 Å². The van der Waals surface area contributed by atoms with Crippen LogP contribution >= 0.6 is 0 Å². The van der Waals surface area contributed by atoms with Gasteiger partial charge >= 0.3 is 5.76 Å². The highest BCUT2D eigenvalue weighted by Gasteiger charge is 2.08. The van der Waals surface area contributed by atoms with Crippen molar-refractivity contribution in [2.24, 2.45) is 14.1 Å². The lowest BCUT2D eigenvalue weighted by Crippen LogP contribution is -2.12. The van der Waals surface area contributed by atoms with Crippen LogP contribution in [-0.2, 0) is 20.5 Å². The number of aryl methyl sites for hydroxylation is 1. The molecule has 74 valence electrons. The van der Waals surface area contributed by atoms with Crippen molar-refractivity contribution < 1.29 is 4.52 Å². The maximum Gasteiger partial charge on any atom is 0.441 e. The maximum atomic E-state index is 10.9. The maximum absolute atomic E-state index is 10.9. The Balaban J connectivity index is 2.27. The zero-order valence-electron chi connectivity index (χ0n) is 7.97. The fourth-order valence-electron chi connectivity index (χ4n) is 1.19. The van der Waals surface area contributed by atoms with Crippen molar-refractivity contribution in [3.05, 3.63) is 34.6 Å². The monoisotopic (exact) mass is 194 g/mol. The van der Waals surface area contributed by atoms with Crippen molar-refractivity contribution in [3.63, 3.8) is 0 Å². The average Bonchev–Trinajstić information content (AvgIpc) is 2.67. The van der Waals surface area contributed by atoms with Gasteiger partial charge in [-0.2, -0.15) is 0 Å². The summed E-state index contributed by atoms with van der Waals surface area (Å²) in [6.45, 7) is 0. The first kappa shape index (κ1) is 8.74. The van der Waals surface area contributed by atoms with E-state index in [1.165, 1.54) is 4.57 Å². The first-order chi connectivity index (χ1) is 6.66. The van der Waals surface area contributed by atoms with Gasteiger partial charge < -0.3 is 4.57 Å². The molecular formula is C8H10N4O2. The Morgan fingerprint density at radius 1 is 1.50 bits per heavy atom. The summed E-state index contributed by atoms with van der Waals surface area (Å²) in [6, 6.07) is 0. The van der Waals surface area contributed by atoms with Crippen LogP contribution in [0.15, 0.2) is 21.8 Å². The zero-order chi connectivity index (χ0) is 10.1. The summed E-state index contributed by atoms with van der Waals surface area (Å²) >= 11 is 0. The largest absolute Gasteiger partial charge is 0.441 e. The van der Waals surface area contributed by atoms with Crippen molar-refractivity contribution in [2.75, 3.05) is 0 Å². The van der Waals surface area contributed by atoms with Crippen molar-refractivity contribution in [2.45, 2.75) is 6.42 Å². The molecular weight excluding hydrogens is 184 g/mol. The van der Waals surface area contributed by atoms with Crippen LogP contribution in [-0.4, -0.2) is 19.3 Å². The van der Waals surface area contributed by atoms with Gasteiger partial charge in [0.15, 0.2) is 5.82 Å². The Morgan fingerprint density at radius 2 is 2.29 bits per heavy atom. The van der Waals surface area contributed by atoms with E-state index in [0.29, 0.717) is 12.2 Å². The summed E-state index contributed by atoms with van der Waals surface area (Å²) in [7, 11) is 3.51. The van der Waals surface area contributed by atoms with Crippen LogP contribution in [0.1, 0.15) is 11.5 Å². The third-order valence-electron chi connectivity index (χ3n) is 1.99. The van der Waals surface area contributed by atoms with Gasteiger partial charge in [-0.3, -0.25) is 9.09 Å². The Labute approximate surface area is 79.8 Å². The Morgan fingerprint density at radius 3 is 2.79 bits per heavy atom. The normalized spacial score (nSPS) is 10.7. The summed E-state index contributed by atoms with van der Waals surface area (Å²) in [5.74, 6) is 0.129. The summed E-state index contributed by atoms with van der Waals surface area (Å²) in [5, 5.41) is 3.65. The number of hydrogen-bond donors (Lipinski definition) is 0. The summed E-state index contributed by atoms with van der Waals surface area (Å²) in [4.78, 5) is 15.1. The third kappa shape index (κ3) is 1.46. The molecule has 0 radical (unpaired) electrons. The van der Waals surface area contributed by atoms with Gasteiger partial charge in [0.2, 0.25) is 0 Å². The van der Waals surface area contributed by atoms with Crippen LogP contribution in [0.4, 0.5) is 0 Å². The van der Waals surface area contributed by atoms with E-state index >= 15 is 0 Å². The molecule has 0 saturated heterocycles. The zero-order valence-corrected chi connectivity index (χ0v) is 7.97. The lowest BCUT2D eigenvalue weighted by atomic mass is 10.3. The van der Waals surface area contributed by atoms with Crippen molar-refractivity contribution in [1.82, 2.24) is 19.3 Å². The minimum Gasteiger partial charge on any atom is -0.340 e. The van der Waals surface area contributed by atoms with Crippen LogP contribution in [0.3, 0.4) is 0 Å². The molecule has 14 heavy (non-hydrogen) atoms. The minimum absolute atomic E-state index is 0.448. The predicted molar refractivity (Wildman–Crippen MR) is 47.8 cm³/mol. The van der Waals surface area contributed by atoms with Crippen LogP contribution in [0, 0.1) is 0 Å². The molecule has 0 unspecified atom stereocenters. The second-order valence-electron chi connectivity index (χ2n) is 3.13. The lowest BCUT2D eigenvalue weighted by molar-refractivity contribution is 0.376. The van der Waals surface area contributed by atoms with Gasteiger partial charge in [-0.25, -0.2) is 9.78 Å². The molecule has 0 bridgehead atoms. The molecule has 0 fully saturated rings. The number of imidazole rings is 1. The quantitative estimate of drug-likeness (QED) is 0.658. The van der Waals surface area contributed by atoms with Gasteiger partial charge in [0.25, 0.3) is 0 Å². The molecule has 0 amide bonds. The van der Waals surface area contributed by atoms with Crippen LogP contribution < -0.4 is 5.76 Å². The summed E-state index contributed by atoms with van der Waals surface area (Å²) < 4.78 is 7.71. The van der Waals surface area contributed by atoms with Gasteiger partial charge in [-0.05, 0) is 0 Å². The number of rotatable bonds is 2. The van der Waals surface area contributed by atoms with Gasteiger partial charge in [-0.15, -0.1) is 0 Å². The van der Waals surface area contributed by atoms with Crippen molar-refractivity contribution in [1.29, 1.82) is 0 Å². The molecule has 2 rings (SSSR count). The molecule has 6 heteroatoms. The first-order valence-electron chi connectivity index (χ1n) is 4.15. The highest BCUT2D eigenvalue weighted by Crippen LogP contribution is 2.01. The van der Waals surface area contributed by atoms with E-state index in [-0.39, 0.29) is 0 Å². The third-order valence-corrected chi connectivity index (χ3v) is 1.99. The minimum atomic E-state index is -0.448. The molecule has 2 aromatic rings. The van der Waals surface area contributed by atoms with Crippen molar-refractivity contribution >= 4 is 0 Å². The first-order valence-corrected chi connectivity index (χ1v) is 4.15. The predicted octanol–water partition coefficient (Wildman–Crippen LogP) is -0.302. The molecule has 2 aromatic heterocycles. The van der Waals surface area contributed by atoms with Gasteiger partial charge in [0.1, 0.15) is 0 Å². The van der Waals surface area contributed by atoms with E-state index in [1.807, 2.05) is 17.8 Å². The smallest absolute Gasteiger partial charge is 0.340 e. The molecule has 0 spiro atoms. The van der Waals surface area contributed by atoms with Gasteiger partial charge in [0, 0.05) is 20.3 Å². The molecule has 0 atom stereocenters.